The fourth-order valence-corrected chi connectivity index (χ4v) is 0.809. The molecule has 0 saturated heterocycles. The Morgan fingerprint density at radius 3 is 2.20 bits per heavy atom. The minimum Gasteiger partial charge on any atom is -0.463 e. The van der Waals surface area contributed by atoms with Crippen molar-refractivity contribution in [3.63, 3.8) is 0 Å². The van der Waals surface area contributed by atoms with Gasteiger partial charge in [-0.3, -0.25) is 11.7 Å². The van der Waals surface area contributed by atoms with Crippen LogP contribution in [0.3, 0.4) is 0 Å². The molecule has 0 aliphatic rings. The van der Waals surface area contributed by atoms with Gasteiger partial charge < -0.3 is 21.9 Å². The molecule has 9 heteroatoms. The van der Waals surface area contributed by atoms with Gasteiger partial charge in [-0.05, 0) is 6.42 Å². The van der Waals surface area contributed by atoms with Crippen molar-refractivity contribution in [3.8, 4) is 0 Å². The number of carbonyl (C=O) groups is 1. The van der Waals surface area contributed by atoms with E-state index in [2.05, 4.69) is 0 Å². The van der Waals surface area contributed by atoms with Crippen LogP contribution in [0.5, 0.6) is 0 Å². The van der Waals surface area contributed by atoms with Gasteiger partial charge in [0.05, 0.1) is 6.61 Å². The Morgan fingerprint density at radius 1 is 1.40 bits per heavy atom. The number of ether oxygens (including phenoxy) is 1. The number of nitrogens with zero attached hydrogens (tertiary/aromatic N) is 1. The summed E-state index contributed by atoms with van der Waals surface area (Å²) < 4.78 is 4.77. The Morgan fingerprint density at radius 2 is 1.87 bits per heavy atom. The second-order valence-corrected chi connectivity index (χ2v) is 4.12. The van der Waals surface area contributed by atoms with Gasteiger partial charge in [0.25, 0.3) is 0 Å². The van der Waals surface area contributed by atoms with Gasteiger partial charge in [0, 0.05) is 0 Å². The third kappa shape index (κ3) is 3.05. The highest BCUT2D eigenvalue weighted by Gasteiger charge is 2.50. The Balaban J connectivity index is 4.72. The van der Waals surface area contributed by atoms with Crippen LogP contribution < -0.4 is 28.9 Å². The molecule has 8 nitrogen and oxygen atoms in total. The van der Waals surface area contributed by atoms with Crippen LogP contribution in [0, 0.1) is 0 Å². The van der Waals surface area contributed by atoms with Crippen molar-refractivity contribution in [2.24, 2.45) is 28.9 Å². The summed E-state index contributed by atoms with van der Waals surface area (Å²) in [6, 6.07) is 0. The van der Waals surface area contributed by atoms with Gasteiger partial charge in [0.15, 0.2) is 5.40 Å². The third-order valence-electron chi connectivity index (χ3n) is 1.86. The molecule has 0 aliphatic heterocycles. The minimum absolute atomic E-state index is 0.199. The van der Waals surface area contributed by atoms with Crippen LogP contribution in [0.25, 0.3) is 0 Å². The molecule has 90 valence electrons. The lowest BCUT2D eigenvalue weighted by Crippen LogP contribution is -2.81. The Labute approximate surface area is 90.6 Å². The minimum atomic E-state index is -2.02. The lowest BCUT2D eigenvalue weighted by molar-refractivity contribution is -0.154. The fraction of sp³-hybridized carbons (Fsp3) is 0.833. The molecule has 0 aromatic heterocycles. The first-order valence-corrected chi connectivity index (χ1v) is 4.88. The number of carbonyl (C=O) groups excluding carboxylic acids is 1. The lowest BCUT2D eigenvalue weighted by atomic mass is 10.1. The molecule has 0 aromatic rings. The van der Waals surface area contributed by atoms with Gasteiger partial charge in [0.2, 0.25) is 5.66 Å². The maximum absolute atomic E-state index is 11.5. The average Bonchev–Trinajstić information content (AvgIpc) is 2.13. The third-order valence-corrected chi connectivity index (χ3v) is 2.64. The zero-order valence-electron chi connectivity index (χ0n) is 8.64. The van der Waals surface area contributed by atoms with Gasteiger partial charge in [-0.25, -0.2) is 4.79 Å². The molecule has 0 aromatic carbocycles. The molecule has 2 unspecified atom stereocenters. The van der Waals surface area contributed by atoms with Gasteiger partial charge in [0.1, 0.15) is 0 Å². The van der Waals surface area contributed by atoms with E-state index in [0.29, 0.717) is 11.5 Å². The van der Waals surface area contributed by atoms with Crippen molar-refractivity contribution >= 4 is 15.2 Å². The maximum Gasteiger partial charge on any atom is 0.344 e. The van der Waals surface area contributed by atoms with E-state index in [1.165, 1.54) is 0 Å². The van der Waals surface area contributed by atoms with Crippen molar-refractivity contribution in [2.45, 2.75) is 24.4 Å². The summed E-state index contributed by atoms with van der Waals surface area (Å²) in [6.07, 6.45) is 0.644. The van der Waals surface area contributed by atoms with Crippen molar-refractivity contribution in [3.05, 3.63) is 0 Å². The van der Waals surface area contributed by atoms with Crippen LogP contribution in [0.2, 0.25) is 0 Å². The Bertz CT molecular complexity index is 232. The number of rotatable bonds is 5. The number of hydrazine groups is 2. The molecule has 0 radical (unpaired) electrons. The molecule has 0 fully saturated rings. The maximum atomic E-state index is 11.5. The monoisotopic (exact) mass is 238 g/mol. The second-order valence-electron chi connectivity index (χ2n) is 3.24. The summed E-state index contributed by atoms with van der Waals surface area (Å²) in [7, 11) is 2.01. The van der Waals surface area contributed by atoms with Gasteiger partial charge in [-0.1, -0.05) is 16.2 Å². The summed E-state index contributed by atoms with van der Waals surface area (Å²) in [4.78, 5) is 11.5. The van der Waals surface area contributed by atoms with Crippen LogP contribution in [0.1, 0.15) is 13.3 Å². The normalized spacial score (nSPS) is 16.3. The van der Waals surface area contributed by atoms with Crippen LogP contribution in [0.4, 0.5) is 0 Å². The summed E-state index contributed by atoms with van der Waals surface area (Å²) in [5.41, 5.74) is 14.7. The molecule has 10 N–H and O–H groups in total. The van der Waals surface area contributed by atoms with Crippen LogP contribution in [-0.2, 0) is 9.53 Å². The predicted octanol–water partition coefficient (Wildman–Crippen LogP) is -2.91. The van der Waals surface area contributed by atoms with Gasteiger partial charge >= 0.3 is 5.97 Å². The van der Waals surface area contributed by atoms with Crippen molar-refractivity contribution in [1.29, 1.82) is 0 Å². The van der Waals surface area contributed by atoms with E-state index >= 15 is 0 Å². The molecular formula is C6H19N6O2P. The zero-order chi connectivity index (χ0) is 12.3. The number of hydrogen-bond donors (Lipinski definition) is 5. The van der Waals surface area contributed by atoms with Crippen molar-refractivity contribution in [2.75, 3.05) is 6.61 Å². The zero-order valence-corrected chi connectivity index (χ0v) is 9.80. The highest BCUT2D eigenvalue weighted by Crippen LogP contribution is 2.21. The summed E-state index contributed by atoms with van der Waals surface area (Å²) in [5.74, 6) is 9.57. The number of esters is 1. The summed E-state index contributed by atoms with van der Waals surface area (Å²) in [6.45, 7) is 2.03. The Kier molecular flexibility index (Phi) is 5.01. The quantitative estimate of drug-likeness (QED) is 0.112. The first-order valence-electron chi connectivity index (χ1n) is 4.30. The topological polar surface area (TPSA) is 160 Å². The van der Waals surface area contributed by atoms with Crippen LogP contribution in [0.15, 0.2) is 0 Å². The smallest absolute Gasteiger partial charge is 0.344 e. The molecule has 0 aliphatic carbocycles. The highest BCUT2D eigenvalue weighted by atomic mass is 31.0. The first kappa shape index (κ1) is 14.7. The fourth-order valence-electron chi connectivity index (χ4n) is 0.691. The summed E-state index contributed by atoms with van der Waals surface area (Å²) in [5, 5.41) is -1.15. The standard InChI is InChI=1S/C6H19N6O2P/c1-2-3-14-4(13)5(7,8)6(9,15)12(10)11/h2-3,7-11,15H2,1H3. The summed E-state index contributed by atoms with van der Waals surface area (Å²) >= 11 is 0. The van der Waals surface area contributed by atoms with Gasteiger partial charge in [-0.15, -0.1) is 0 Å². The lowest BCUT2D eigenvalue weighted by Gasteiger charge is -2.41. The molecular weight excluding hydrogens is 219 g/mol. The second kappa shape index (κ2) is 5.13. The van der Waals surface area contributed by atoms with Crippen molar-refractivity contribution in [1.82, 2.24) is 5.12 Å². The molecule has 0 saturated carbocycles. The number of nitrogens with two attached hydrogens (primary N) is 5. The molecule has 0 heterocycles. The molecule has 15 heavy (non-hydrogen) atoms. The average molecular weight is 238 g/mol. The van der Waals surface area contributed by atoms with E-state index in [-0.39, 0.29) is 6.61 Å². The van der Waals surface area contributed by atoms with E-state index in [0.717, 1.165) is 0 Å². The first-order chi connectivity index (χ1) is 6.67. The van der Waals surface area contributed by atoms with E-state index in [9.17, 15) is 4.79 Å². The van der Waals surface area contributed by atoms with E-state index < -0.39 is 17.0 Å². The molecule has 0 spiro atoms. The molecule has 0 bridgehead atoms. The molecule has 2 atom stereocenters. The predicted molar refractivity (Wildman–Crippen MR) is 59.2 cm³/mol. The van der Waals surface area contributed by atoms with E-state index in [1.807, 2.05) is 16.2 Å². The molecule has 0 amide bonds. The highest BCUT2D eigenvalue weighted by molar-refractivity contribution is 7.19. The molecule has 0 rings (SSSR count). The van der Waals surface area contributed by atoms with Crippen LogP contribution in [-0.4, -0.2) is 28.8 Å². The SMILES string of the molecule is CCCOC(=O)C(N)(N)C(N)(P)N(N)N. The Hall–Kier alpha value is -0.340. The van der Waals surface area contributed by atoms with E-state index in [4.69, 9.17) is 33.6 Å². The largest absolute Gasteiger partial charge is 0.463 e. The van der Waals surface area contributed by atoms with Crippen LogP contribution >= 0.6 is 9.24 Å². The van der Waals surface area contributed by atoms with E-state index in [1.54, 1.807) is 0 Å². The number of hydrogen-bond acceptors (Lipinski definition) is 8. The van der Waals surface area contributed by atoms with Gasteiger partial charge in [-0.2, -0.15) is 5.12 Å². The van der Waals surface area contributed by atoms with Crippen molar-refractivity contribution < 1.29 is 9.53 Å².